The number of hydrogen-bond donors (Lipinski definition) is 1. The lowest BCUT2D eigenvalue weighted by Gasteiger charge is -2.21. The molecule has 0 spiro atoms. The van der Waals surface area contributed by atoms with Gasteiger partial charge in [-0.25, -0.2) is 0 Å². The fourth-order valence-electron chi connectivity index (χ4n) is 2.48. The quantitative estimate of drug-likeness (QED) is 0.841. The van der Waals surface area contributed by atoms with Crippen LogP contribution in [-0.4, -0.2) is 11.5 Å². The summed E-state index contributed by atoms with van der Waals surface area (Å²) in [5.41, 5.74) is 4.64. The summed E-state index contributed by atoms with van der Waals surface area (Å²) in [6.45, 7) is 7.31. The van der Waals surface area contributed by atoms with Gasteiger partial charge in [0.1, 0.15) is 0 Å². The van der Waals surface area contributed by atoms with E-state index in [-0.39, 0.29) is 6.04 Å². The minimum absolute atomic E-state index is 0.200. The number of aryl methyl sites for hydroxylation is 2. The monoisotopic (exact) mass is 302 g/mol. The van der Waals surface area contributed by atoms with Crippen molar-refractivity contribution in [1.82, 2.24) is 10.3 Å². The maximum atomic E-state index is 6.51. The van der Waals surface area contributed by atoms with Gasteiger partial charge in [0.15, 0.2) is 0 Å². The number of aromatic nitrogens is 1. The molecule has 2 rings (SSSR count). The van der Waals surface area contributed by atoms with Crippen LogP contribution in [0.25, 0.3) is 0 Å². The van der Waals surface area contributed by atoms with Gasteiger partial charge in [-0.15, -0.1) is 0 Å². The smallest absolute Gasteiger partial charge is 0.0483 e. The first-order chi connectivity index (χ1) is 10.1. The topological polar surface area (TPSA) is 24.9 Å². The fourth-order valence-corrected chi connectivity index (χ4v) is 2.73. The van der Waals surface area contributed by atoms with E-state index in [0.29, 0.717) is 0 Å². The van der Waals surface area contributed by atoms with Gasteiger partial charge in [-0.2, -0.15) is 0 Å². The lowest BCUT2D eigenvalue weighted by molar-refractivity contribution is 0.523. The first-order valence-corrected chi connectivity index (χ1v) is 7.90. The predicted molar refractivity (Wildman–Crippen MR) is 89.9 cm³/mol. The third kappa shape index (κ3) is 4.05. The molecule has 0 aliphatic carbocycles. The Hall–Kier alpha value is -1.38. The fraction of sp³-hybridized carbons (Fsp3) is 0.389. The normalized spacial score (nSPS) is 12.4. The van der Waals surface area contributed by atoms with Crippen LogP contribution in [0, 0.1) is 13.8 Å². The number of nitrogens with one attached hydrogen (secondary N) is 1. The second kappa shape index (κ2) is 7.58. The Morgan fingerprint density at radius 3 is 2.62 bits per heavy atom. The van der Waals surface area contributed by atoms with Gasteiger partial charge >= 0.3 is 0 Å². The van der Waals surface area contributed by atoms with Crippen LogP contribution in [0.4, 0.5) is 0 Å². The van der Waals surface area contributed by atoms with Gasteiger partial charge in [0, 0.05) is 29.4 Å². The van der Waals surface area contributed by atoms with Crippen LogP contribution >= 0.6 is 11.6 Å². The largest absolute Gasteiger partial charge is 0.310 e. The van der Waals surface area contributed by atoms with Crippen molar-refractivity contribution in [3.63, 3.8) is 0 Å². The van der Waals surface area contributed by atoms with Crippen molar-refractivity contribution in [1.29, 1.82) is 0 Å². The first-order valence-electron chi connectivity index (χ1n) is 7.52. The summed E-state index contributed by atoms with van der Waals surface area (Å²) in [6.07, 6.45) is 3.81. The Kier molecular flexibility index (Phi) is 5.77. The number of benzene rings is 1. The molecule has 0 amide bonds. The van der Waals surface area contributed by atoms with Crippen LogP contribution in [0.3, 0.4) is 0 Å². The molecule has 0 saturated carbocycles. The zero-order chi connectivity index (χ0) is 15.2. The highest BCUT2D eigenvalue weighted by Crippen LogP contribution is 2.28. The summed E-state index contributed by atoms with van der Waals surface area (Å²) >= 11 is 6.51. The lowest BCUT2D eigenvalue weighted by atomic mass is 9.98. The summed E-state index contributed by atoms with van der Waals surface area (Å²) in [7, 11) is 0. The standard InChI is InChI=1S/C18H23ClN2/c1-4-10-20-17(12-16-13(2)8-6-11-21-16)15-9-5-7-14(3)18(15)19/h5-9,11,17,20H,4,10,12H2,1-3H3. The van der Waals surface area contributed by atoms with Crippen molar-refractivity contribution in [2.75, 3.05) is 6.54 Å². The van der Waals surface area contributed by atoms with Crippen molar-refractivity contribution in [2.45, 2.75) is 39.7 Å². The highest BCUT2D eigenvalue weighted by Gasteiger charge is 2.17. The van der Waals surface area contributed by atoms with Crippen molar-refractivity contribution in [2.24, 2.45) is 0 Å². The SMILES string of the molecule is CCCNC(Cc1ncccc1C)c1cccc(C)c1Cl. The van der Waals surface area contributed by atoms with Gasteiger partial charge in [0.25, 0.3) is 0 Å². The summed E-state index contributed by atoms with van der Waals surface area (Å²) in [5.74, 6) is 0. The molecule has 1 heterocycles. The van der Waals surface area contributed by atoms with E-state index in [9.17, 15) is 0 Å². The van der Waals surface area contributed by atoms with E-state index in [1.807, 2.05) is 12.3 Å². The van der Waals surface area contributed by atoms with Gasteiger partial charge in [0.2, 0.25) is 0 Å². The summed E-state index contributed by atoms with van der Waals surface area (Å²) in [4.78, 5) is 4.52. The average Bonchev–Trinajstić information content (AvgIpc) is 2.48. The van der Waals surface area contributed by atoms with Crippen molar-refractivity contribution in [3.8, 4) is 0 Å². The lowest BCUT2D eigenvalue weighted by Crippen LogP contribution is -2.25. The van der Waals surface area contributed by atoms with E-state index in [1.54, 1.807) is 0 Å². The zero-order valence-electron chi connectivity index (χ0n) is 13.0. The molecule has 112 valence electrons. The van der Waals surface area contributed by atoms with Crippen LogP contribution in [0.15, 0.2) is 36.5 Å². The van der Waals surface area contributed by atoms with E-state index in [2.05, 4.69) is 55.3 Å². The molecule has 0 saturated heterocycles. The molecule has 0 aliphatic heterocycles. The highest BCUT2D eigenvalue weighted by atomic mass is 35.5. The minimum Gasteiger partial charge on any atom is -0.310 e. The molecular weight excluding hydrogens is 280 g/mol. The molecule has 0 bridgehead atoms. The molecule has 2 aromatic rings. The Morgan fingerprint density at radius 1 is 1.14 bits per heavy atom. The Labute approximate surface area is 132 Å². The molecule has 2 nitrogen and oxygen atoms in total. The second-order valence-electron chi connectivity index (χ2n) is 5.46. The molecule has 3 heteroatoms. The predicted octanol–water partition coefficient (Wildman–Crippen LogP) is 4.64. The Morgan fingerprint density at radius 2 is 1.90 bits per heavy atom. The highest BCUT2D eigenvalue weighted by molar-refractivity contribution is 6.32. The van der Waals surface area contributed by atoms with Crippen LogP contribution in [-0.2, 0) is 6.42 Å². The third-order valence-corrected chi connectivity index (χ3v) is 4.27. The number of halogens is 1. The molecule has 21 heavy (non-hydrogen) atoms. The van der Waals surface area contributed by atoms with Gasteiger partial charge in [-0.05, 0) is 49.6 Å². The molecule has 1 aromatic heterocycles. The first kappa shape index (κ1) is 16.0. The molecule has 1 aromatic carbocycles. The van der Waals surface area contributed by atoms with E-state index < -0.39 is 0 Å². The van der Waals surface area contributed by atoms with Crippen molar-refractivity contribution >= 4 is 11.6 Å². The summed E-state index contributed by atoms with van der Waals surface area (Å²) < 4.78 is 0. The second-order valence-corrected chi connectivity index (χ2v) is 5.83. The molecule has 0 aliphatic rings. The van der Waals surface area contributed by atoms with Crippen LogP contribution in [0.1, 0.15) is 41.8 Å². The third-order valence-electron chi connectivity index (χ3n) is 3.75. The molecule has 0 fully saturated rings. The van der Waals surface area contributed by atoms with E-state index in [0.717, 1.165) is 41.2 Å². The van der Waals surface area contributed by atoms with E-state index >= 15 is 0 Å². The van der Waals surface area contributed by atoms with E-state index in [4.69, 9.17) is 11.6 Å². The zero-order valence-corrected chi connectivity index (χ0v) is 13.7. The Bertz CT molecular complexity index is 596. The maximum Gasteiger partial charge on any atom is 0.0483 e. The number of pyridine rings is 1. The minimum atomic E-state index is 0.200. The molecule has 0 radical (unpaired) electrons. The number of rotatable bonds is 6. The van der Waals surface area contributed by atoms with E-state index in [1.165, 1.54) is 5.56 Å². The average molecular weight is 303 g/mol. The van der Waals surface area contributed by atoms with Crippen molar-refractivity contribution < 1.29 is 0 Å². The summed E-state index contributed by atoms with van der Waals surface area (Å²) in [5, 5.41) is 4.47. The maximum absolute atomic E-state index is 6.51. The van der Waals surface area contributed by atoms with Crippen LogP contribution in [0.5, 0.6) is 0 Å². The molecular formula is C18H23ClN2. The van der Waals surface area contributed by atoms with Crippen molar-refractivity contribution in [3.05, 3.63) is 63.9 Å². The molecule has 1 unspecified atom stereocenters. The molecule has 1 atom stereocenters. The van der Waals surface area contributed by atoms with Gasteiger partial charge in [0.05, 0.1) is 0 Å². The van der Waals surface area contributed by atoms with Gasteiger partial charge in [-0.1, -0.05) is 42.8 Å². The Balaban J connectivity index is 2.30. The van der Waals surface area contributed by atoms with Gasteiger partial charge < -0.3 is 5.32 Å². The van der Waals surface area contributed by atoms with Gasteiger partial charge in [-0.3, -0.25) is 4.98 Å². The number of hydrogen-bond acceptors (Lipinski definition) is 2. The summed E-state index contributed by atoms with van der Waals surface area (Å²) in [6, 6.07) is 10.5. The van der Waals surface area contributed by atoms with Crippen LogP contribution in [0.2, 0.25) is 5.02 Å². The molecule has 1 N–H and O–H groups in total. The van der Waals surface area contributed by atoms with Crippen LogP contribution < -0.4 is 5.32 Å². The number of nitrogens with zero attached hydrogens (tertiary/aromatic N) is 1.